The Morgan fingerprint density at radius 1 is 1.08 bits per heavy atom. The van der Waals surface area contributed by atoms with Gasteiger partial charge in [0, 0.05) is 18.9 Å². The Morgan fingerprint density at radius 2 is 1.83 bits per heavy atom. The minimum Gasteiger partial charge on any atom is -0.467 e. The number of anilines is 1. The molecule has 0 unspecified atom stereocenters. The van der Waals surface area contributed by atoms with E-state index in [1.165, 1.54) is 18.0 Å². The van der Waals surface area contributed by atoms with Gasteiger partial charge >= 0.3 is 0 Å². The Hall–Kier alpha value is -3.15. The van der Waals surface area contributed by atoms with Crippen LogP contribution in [0.15, 0.2) is 59.5 Å². The highest BCUT2D eigenvalue weighted by Gasteiger charge is 2.07. The van der Waals surface area contributed by atoms with Gasteiger partial charge in [-0.2, -0.15) is 0 Å². The second kappa shape index (κ2) is 7.41. The zero-order chi connectivity index (χ0) is 16.8. The molecule has 0 atom stereocenters. The maximum absolute atomic E-state index is 12.0. The predicted molar refractivity (Wildman–Crippen MR) is 90.4 cm³/mol. The fraction of sp³-hybridized carbons (Fsp3) is 0.167. The van der Waals surface area contributed by atoms with E-state index in [-0.39, 0.29) is 5.91 Å². The molecule has 2 N–H and O–H groups in total. The summed E-state index contributed by atoms with van der Waals surface area (Å²) in [5.74, 6) is 0.940. The van der Waals surface area contributed by atoms with Crippen molar-refractivity contribution in [2.45, 2.75) is 20.0 Å². The van der Waals surface area contributed by atoms with Crippen molar-refractivity contribution < 1.29 is 9.21 Å². The number of nitrogens with zero attached hydrogens (tertiary/aromatic N) is 2. The Labute approximate surface area is 140 Å². The molecule has 0 aliphatic carbocycles. The first-order valence-corrected chi connectivity index (χ1v) is 7.63. The van der Waals surface area contributed by atoms with E-state index in [0.717, 1.165) is 5.56 Å². The van der Waals surface area contributed by atoms with E-state index in [0.29, 0.717) is 30.4 Å². The van der Waals surface area contributed by atoms with Crippen LogP contribution in [-0.4, -0.2) is 15.9 Å². The average Bonchev–Trinajstić information content (AvgIpc) is 3.13. The molecular weight excluding hydrogens is 304 g/mol. The quantitative estimate of drug-likeness (QED) is 0.729. The van der Waals surface area contributed by atoms with Crippen molar-refractivity contribution in [1.29, 1.82) is 0 Å². The molecule has 2 aromatic heterocycles. The molecule has 1 amide bonds. The van der Waals surface area contributed by atoms with Gasteiger partial charge in [-0.1, -0.05) is 29.8 Å². The van der Waals surface area contributed by atoms with Crippen LogP contribution in [0.1, 0.15) is 27.2 Å². The van der Waals surface area contributed by atoms with Gasteiger partial charge in [-0.3, -0.25) is 4.79 Å². The number of carbonyl (C=O) groups is 1. The molecule has 0 fully saturated rings. The molecule has 1 aromatic carbocycles. The van der Waals surface area contributed by atoms with Crippen LogP contribution in [0.4, 0.5) is 5.95 Å². The summed E-state index contributed by atoms with van der Waals surface area (Å²) >= 11 is 0. The minimum atomic E-state index is -0.239. The number of amides is 1. The highest BCUT2D eigenvalue weighted by molar-refractivity contribution is 5.93. The van der Waals surface area contributed by atoms with Gasteiger partial charge in [0.25, 0.3) is 5.91 Å². The Morgan fingerprint density at radius 3 is 2.50 bits per heavy atom. The number of aryl methyl sites for hydroxylation is 1. The summed E-state index contributed by atoms with van der Waals surface area (Å²) in [6.07, 6.45) is 4.57. The molecular formula is C18H18N4O2. The summed E-state index contributed by atoms with van der Waals surface area (Å²) in [6, 6.07) is 11.8. The molecule has 0 spiro atoms. The van der Waals surface area contributed by atoms with Gasteiger partial charge in [0.15, 0.2) is 0 Å². The van der Waals surface area contributed by atoms with Crippen molar-refractivity contribution >= 4 is 11.9 Å². The van der Waals surface area contributed by atoms with Gasteiger partial charge in [-0.15, -0.1) is 0 Å². The molecule has 0 radical (unpaired) electrons. The fourth-order valence-electron chi connectivity index (χ4n) is 2.11. The monoisotopic (exact) mass is 322 g/mol. The van der Waals surface area contributed by atoms with Gasteiger partial charge in [-0.05, 0) is 24.6 Å². The number of nitrogens with one attached hydrogen (secondary N) is 2. The molecule has 24 heavy (non-hydrogen) atoms. The van der Waals surface area contributed by atoms with Crippen LogP contribution in [0.25, 0.3) is 0 Å². The molecule has 0 aliphatic heterocycles. The van der Waals surface area contributed by atoms with Gasteiger partial charge in [0.05, 0.1) is 18.4 Å². The number of carbonyl (C=O) groups excluding carboxylic acids is 1. The van der Waals surface area contributed by atoms with E-state index >= 15 is 0 Å². The summed E-state index contributed by atoms with van der Waals surface area (Å²) in [7, 11) is 0. The number of hydrogen-bond acceptors (Lipinski definition) is 5. The normalized spacial score (nSPS) is 10.4. The largest absolute Gasteiger partial charge is 0.467 e. The zero-order valence-corrected chi connectivity index (χ0v) is 13.3. The summed E-state index contributed by atoms with van der Waals surface area (Å²) in [4.78, 5) is 20.4. The number of aromatic nitrogens is 2. The van der Waals surface area contributed by atoms with Crippen molar-refractivity contribution in [3.8, 4) is 0 Å². The highest BCUT2D eigenvalue weighted by atomic mass is 16.3. The summed E-state index contributed by atoms with van der Waals surface area (Å²) < 4.78 is 5.16. The molecule has 0 saturated heterocycles. The van der Waals surface area contributed by atoms with Gasteiger partial charge in [-0.25, -0.2) is 9.97 Å². The lowest BCUT2D eigenvalue weighted by molar-refractivity contribution is 0.0947. The maximum Gasteiger partial charge on any atom is 0.254 e. The number of hydrogen-bond donors (Lipinski definition) is 2. The van der Waals surface area contributed by atoms with Crippen LogP contribution in [-0.2, 0) is 13.1 Å². The van der Waals surface area contributed by atoms with Crippen molar-refractivity contribution in [1.82, 2.24) is 15.3 Å². The lowest BCUT2D eigenvalue weighted by Gasteiger charge is -2.06. The molecule has 6 heteroatoms. The molecule has 0 saturated carbocycles. The molecule has 0 bridgehead atoms. The van der Waals surface area contributed by atoms with Crippen LogP contribution < -0.4 is 10.6 Å². The maximum atomic E-state index is 12.0. The van der Waals surface area contributed by atoms with Crippen molar-refractivity contribution in [3.05, 3.63) is 77.5 Å². The average molecular weight is 322 g/mol. The third-order valence-corrected chi connectivity index (χ3v) is 3.49. The lowest BCUT2D eigenvalue weighted by Crippen LogP contribution is -2.23. The molecule has 122 valence electrons. The second-order valence-electron chi connectivity index (χ2n) is 5.40. The van der Waals surface area contributed by atoms with Crippen molar-refractivity contribution in [2.75, 3.05) is 5.32 Å². The Kier molecular flexibility index (Phi) is 4.86. The summed E-state index contributed by atoms with van der Waals surface area (Å²) in [6.45, 7) is 3.01. The first-order valence-electron chi connectivity index (χ1n) is 7.63. The van der Waals surface area contributed by atoms with Crippen molar-refractivity contribution in [2.24, 2.45) is 0 Å². The van der Waals surface area contributed by atoms with Crippen LogP contribution >= 0.6 is 0 Å². The smallest absolute Gasteiger partial charge is 0.254 e. The summed E-state index contributed by atoms with van der Waals surface area (Å²) in [5, 5.41) is 5.88. The Balaban J connectivity index is 1.52. The summed E-state index contributed by atoms with van der Waals surface area (Å²) in [5.41, 5.74) is 2.77. The third-order valence-electron chi connectivity index (χ3n) is 3.49. The first kappa shape index (κ1) is 15.7. The predicted octanol–water partition coefficient (Wildman–Crippen LogP) is 2.92. The number of furan rings is 1. The first-order chi connectivity index (χ1) is 11.7. The van der Waals surface area contributed by atoms with E-state index in [1.807, 2.05) is 0 Å². The Bertz CT molecular complexity index is 781. The number of rotatable bonds is 6. The van der Waals surface area contributed by atoms with Crippen LogP contribution in [0.5, 0.6) is 0 Å². The second-order valence-corrected chi connectivity index (χ2v) is 5.40. The molecule has 2 heterocycles. The van der Waals surface area contributed by atoms with Crippen LogP contribution in [0.3, 0.4) is 0 Å². The van der Waals surface area contributed by atoms with Gasteiger partial charge in [0.1, 0.15) is 5.76 Å². The zero-order valence-electron chi connectivity index (χ0n) is 13.3. The molecule has 0 aliphatic rings. The molecule has 3 aromatic rings. The van der Waals surface area contributed by atoms with Gasteiger partial charge in [0.2, 0.25) is 5.95 Å². The standard InChI is InChI=1S/C18H18N4O2/c1-13-4-6-14(7-5-13)9-20-18-21-10-15(11-22-18)17(23)19-12-16-3-2-8-24-16/h2-8,10-11H,9,12H2,1H3,(H,19,23)(H,20,21,22). The van der Waals surface area contributed by atoms with E-state index in [9.17, 15) is 4.79 Å². The number of benzene rings is 1. The van der Waals surface area contributed by atoms with E-state index in [4.69, 9.17) is 4.42 Å². The van der Waals surface area contributed by atoms with E-state index in [2.05, 4.69) is 51.8 Å². The SMILES string of the molecule is Cc1ccc(CNc2ncc(C(=O)NCc3ccco3)cn2)cc1. The minimum absolute atomic E-state index is 0.239. The molecule has 3 rings (SSSR count). The fourth-order valence-corrected chi connectivity index (χ4v) is 2.11. The third kappa shape index (κ3) is 4.19. The van der Waals surface area contributed by atoms with E-state index in [1.54, 1.807) is 18.4 Å². The van der Waals surface area contributed by atoms with Crippen LogP contribution in [0, 0.1) is 6.92 Å². The van der Waals surface area contributed by atoms with Crippen LogP contribution in [0.2, 0.25) is 0 Å². The highest BCUT2D eigenvalue weighted by Crippen LogP contribution is 2.07. The van der Waals surface area contributed by atoms with E-state index < -0.39 is 0 Å². The topological polar surface area (TPSA) is 80.0 Å². The van der Waals surface area contributed by atoms with Crippen molar-refractivity contribution in [3.63, 3.8) is 0 Å². The van der Waals surface area contributed by atoms with Gasteiger partial charge < -0.3 is 15.1 Å². The lowest BCUT2D eigenvalue weighted by atomic mass is 10.1. The molecule has 6 nitrogen and oxygen atoms in total.